The summed E-state index contributed by atoms with van der Waals surface area (Å²) in [6, 6.07) is 0. The van der Waals surface area contributed by atoms with Gasteiger partial charge in [-0.05, 0) is 24.7 Å². The predicted octanol–water partition coefficient (Wildman–Crippen LogP) is 2.94. The second kappa shape index (κ2) is 1.76. The van der Waals surface area contributed by atoms with Crippen molar-refractivity contribution in [3.63, 3.8) is 0 Å². The van der Waals surface area contributed by atoms with Crippen molar-refractivity contribution in [2.75, 3.05) is 0 Å². The lowest BCUT2D eigenvalue weighted by atomic mass is 9.66. The Balaban J connectivity index is 2.21. The van der Waals surface area contributed by atoms with Crippen LogP contribution in [0.2, 0.25) is 0 Å². The van der Waals surface area contributed by atoms with Gasteiger partial charge in [0, 0.05) is 11.8 Å². The predicted molar refractivity (Wildman–Crippen MR) is 50.6 cm³/mol. The third kappa shape index (κ3) is 0.475. The van der Waals surface area contributed by atoms with Gasteiger partial charge < -0.3 is 0 Å². The third-order valence-corrected chi connectivity index (χ3v) is 4.14. The lowest BCUT2D eigenvalue weighted by Crippen LogP contribution is -2.28. The van der Waals surface area contributed by atoms with Gasteiger partial charge in [-0.25, -0.2) is 0 Å². The lowest BCUT2D eigenvalue weighted by Gasteiger charge is -2.38. The van der Waals surface area contributed by atoms with Crippen molar-refractivity contribution in [3.8, 4) is 0 Å². The first-order chi connectivity index (χ1) is 5.72. The fourth-order valence-electron chi connectivity index (χ4n) is 3.66. The molecule has 4 aliphatic rings. The molecule has 0 aromatic heterocycles. The van der Waals surface area contributed by atoms with Crippen molar-refractivity contribution >= 4 is 0 Å². The molecule has 62 valence electrons. The average Bonchev–Trinajstić information content (AvgIpc) is 2.38. The van der Waals surface area contributed by atoms with E-state index in [1.165, 1.54) is 29.6 Å². The van der Waals surface area contributed by atoms with Crippen LogP contribution in [0.5, 0.6) is 0 Å². The van der Waals surface area contributed by atoms with Crippen LogP contribution in [0.4, 0.5) is 0 Å². The van der Waals surface area contributed by atoms with Crippen molar-refractivity contribution in [3.05, 3.63) is 36.5 Å². The van der Waals surface area contributed by atoms with E-state index < -0.39 is 0 Å². The number of fused-ring (bicyclic) bond motifs is 1. The third-order valence-electron chi connectivity index (χ3n) is 4.14. The van der Waals surface area contributed by atoms with Crippen LogP contribution in [-0.2, 0) is 0 Å². The molecule has 0 heteroatoms. The molecule has 4 unspecified atom stereocenters. The smallest absolute Gasteiger partial charge is 0.00765 e. The molecular formula is C12H14. The first-order valence-corrected chi connectivity index (χ1v) is 4.78. The highest BCUT2D eigenvalue weighted by Crippen LogP contribution is 2.65. The molecule has 4 fully saturated rings. The first-order valence-electron chi connectivity index (χ1n) is 4.78. The van der Waals surface area contributed by atoms with Crippen LogP contribution < -0.4 is 0 Å². The van der Waals surface area contributed by atoms with Crippen molar-refractivity contribution in [2.24, 2.45) is 23.7 Å². The summed E-state index contributed by atoms with van der Waals surface area (Å²) < 4.78 is 0. The van der Waals surface area contributed by atoms with Crippen molar-refractivity contribution in [1.29, 1.82) is 0 Å². The highest BCUT2D eigenvalue weighted by molar-refractivity contribution is 5.48. The molecule has 0 aliphatic heterocycles. The normalized spacial score (nSPS) is 49.5. The monoisotopic (exact) mass is 158 g/mol. The highest BCUT2D eigenvalue weighted by atomic mass is 14.6. The summed E-state index contributed by atoms with van der Waals surface area (Å²) in [5.41, 5.74) is 4.36. The number of hydrogen-bond donors (Lipinski definition) is 0. The summed E-state index contributed by atoms with van der Waals surface area (Å²) in [5.74, 6) is 2.70. The molecule has 4 atom stereocenters. The molecule has 0 N–H and O–H groups in total. The van der Waals surface area contributed by atoms with Gasteiger partial charge in [0.25, 0.3) is 0 Å². The van der Waals surface area contributed by atoms with E-state index in [1.807, 2.05) is 0 Å². The van der Waals surface area contributed by atoms with E-state index in [-0.39, 0.29) is 0 Å². The lowest BCUT2D eigenvalue weighted by molar-refractivity contribution is 0.301. The Morgan fingerprint density at radius 2 is 1.17 bits per heavy atom. The largest absolute Gasteiger partial charge is 0.0989 e. The van der Waals surface area contributed by atoms with Crippen LogP contribution in [0, 0.1) is 23.7 Å². The molecule has 12 heavy (non-hydrogen) atoms. The van der Waals surface area contributed by atoms with Crippen molar-refractivity contribution in [2.45, 2.75) is 12.8 Å². The van der Waals surface area contributed by atoms with Gasteiger partial charge in [-0.15, -0.1) is 0 Å². The Bertz CT molecular complexity index is 278. The van der Waals surface area contributed by atoms with E-state index >= 15 is 0 Å². The zero-order valence-corrected chi connectivity index (χ0v) is 7.34. The highest BCUT2D eigenvalue weighted by Gasteiger charge is 2.56. The molecular weight excluding hydrogens is 144 g/mol. The van der Waals surface area contributed by atoms with Crippen LogP contribution in [0.1, 0.15) is 12.8 Å². The van der Waals surface area contributed by atoms with Crippen molar-refractivity contribution in [1.82, 2.24) is 0 Å². The quantitative estimate of drug-likeness (QED) is 0.475. The Morgan fingerprint density at radius 1 is 0.750 bits per heavy atom. The van der Waals surface area contributed by atoms with Gasteiger partial charge in [-0.1, -0.05) is 36.5 Å². The van der Waals surface area contributed by atoms with E-state index in [2.05, 4.69) is 19.7 Å². The maximum atomic E-state index is 4.20. The summed E-state index contributed by atoms with van der Waals surface area (Å²) in [7, 11) is 0. The van der Waals surface area contributed by atoms with Gasteiger partial charge in [-0.2, -0.15) is 0 Å². The fourth-order valence-corrected chi connectivity index (χ4v) is 3.66. The number of allylic oxidation sites excluding steroid dienone is 3. The van der Waals surface area contributed by atoms with E-state index in [1.54, 1.807) is 0 Å². The molecule has 0 nitrogen and oxygen atoms in total. The molecule has 0 amide bonds. The minimum Gasteiger partial charge on any atom is -0.0989 e. The Labute approximate surface area is 73.7 Å². The van der Waals surface area contributed by atoms with E-state index in [9.17, 15) is 0 Å². The van der Waals surface area contributed by atoms with E-state index in [4.69, 9.17) is 0 Å². The molecule has 0 aromatic carbocycles. The first kappa shape index (κ1) is 6.71. The Morgan fingerprint density at radius 3 is 1.50 bits per heavy atom. The maximum Gasteiger partial charge on any atom is 0.00765 e. The molecule has 0 radical (unpaired) electrons. The SMILES string of the molecule is C=C1C2CCC3C(=C)C2C(=C)C13. The maximum absolute atomic E-state index is 4.20. The van der Waals surface area contributed by atoms with Crippen LogP contribution in [0.3, 0.4) is 0 Å². The molecule has 4 aliphatic carbocycles. The molecule has 4 saturated carbocycles. The Hall–Kier alpha value is -0.780. The van der Waals surface area contributed by atoms with Crippen LogP contribution >= 0.6 is 0 Å². The zero-order chi connectivity index (χ0) is 8.46. The minimum atomic E-state index is 0.626. The van der Waals surface area contributed by atoms with Gasteiger partial charge in [0.2, 0.25) is 0 Å². The summed E-state index contributed by atoms with van der Waals surface area (Å²) >= 11 is 0. The van der Waals surface area contributed by atoms with Crippen molar-refractivity contribution < 1.29 is 0 Å². The van der Waals surface area contributed by atoms with Crippen LogP contribution in [0.15, 0.2) is 36.5 Å². The Kier molecular flexibility index (Phi) is 0.983. The van der Waals surface area contributed by atoms with Gasteiger partial charge in [0.05, 0.1) is 0 Å². The van der Waals surface area contributed by atoms with Gasteiger partial charge in [0.15, 0.2) is 0 Å². The second-order valence-electron chi connectivity index (χ2n) is 4.47. The molecule has 0 saturated heterocycles. The standard InChI is InChI=1S/C12H14/c1-6-9-4-5-10-7(2)12(9)8(3)11(6)10/h9-12H,1-5H2. The summed E-state index contributed by atoms with van der Waals surface area (Å²) in [6.07, 6.45) is 2.67. The molecule has 0 spiro atoms. The van der Waals surface area contributed by atoms with Gasteiger partial charge >= 0.3 is 0 Å². The summed E-state index contributed by atoms with van der Waals surface area (Å²) in [6.45, 7) is 12.6. The van der Waals surface area contributed by atoms with E-state index in [0.29, 0.717) is 11.8 Å². The molecule has 0 aromatic rings. The van der Waals surface area contributed by atoms with Crippen LogP contribution in [-0.4, -0.2) is 0 Å². The summed E-state index contributed by atoms with van der Waals surface area (Å²) in [4.78, 5) is 0. The van der Waals surface area contributed by atoms with Gasteiger partial charge in [0.1, 0.15) is 0 Å². The second-order valence-corrected chi connectivity index (χ2v) is 4.47. The number of hydrogen-bond acceptors (Lipinski definition) is 0. The van der Waals surface area contributed by atoms with E-state index in [0.717, 1.165) is 11.8 Å². The van der Waals surface area contributed by atoms with Gasteiger partial charge in [-0.3, -0.25) is 0 Å². The molecule has 0 heterocycles. The van der Waals surface area contributed by atoms with Crippen LogP contribution in [0.25, 0.3) is 0 Å². The average molecular weight is 158 g/mol. The molecule has 4 bridgehead atoms. The zero-order valence-electron chi connectivity index (χ0n) is 7.34. The fraction of sp³-hybridized carbons (Fsp3) is 0.500. The topological polar surface area (TPSA) is 0 Å². The molecule has 4 rings (SSSR count). The summed E-state index contributed by atoms with van der Waals surface area (Å²) in [5, 5.41) is 0. The number of rotatable bonds is 0. The minimum absolute atomic E-state index is 0.626.